The largest absolute Gasteiger partial charge is 0.208 e. The van der Waals surface area contributed by atoms with Crippen molar-refractivity contribution in [2.75, 3.05) is 0 Å². The summed E-state index contributed by atoms with van der Waals surface area (Å²) in [5, 5.41) is 4.97. The first-order valence-corrected chi connectivity index (χ1v) is 14.4. The SMILES string of the molecule is c1ccc(-c2nc(-c3ccc(-c4ccc5ccccc5c4)cc3)nc(-c3ccc4sc5ccccc5c4c3)n2)cc1. The van der Waals surface area contributed by atoms with Gasteiger partial charge in [0.05, 0.1) is 0 Å². The van der Waals surface area contributed by atoms with Gasteiger partial charge >= 0.3 is 0 Å². The normalized spacial score (nSPS) is 11.4. The molecule has 4 heteroatoms. The van der Waals surface area contributed by atoms with E-state index in [0.29, 0.717) is 17.5 Å². The number of thiophene rings is 1. The monoisotopic (exact) mass is 541 g/mol. The van der Waals surface area contributed by atoms with E-state index >= 15 is 0 Å². The van der Waals surface area contributed by atoms with Gasteiger partial charge in [0, 0.05) is 36.9 Å². The Balaban J connectivity index is 1.24. The molecule has 0 atom stereocenters. The molecule has 2 aromatic heterocycles. The first-order valence-electron chi connectivity index (χ1n) is 13.6. The van der Waals surface area contributed by atoms with Crippen molar-refractivity contribution in [2.45, 2.75) is 0 Å². The topological polar surface area (TPSA) is 38.7 Å². The van der Waals surface area contributed by atoms with Crippen LogP contribution < -0.4 is 0 Å². The van der Waals surface area contributed by atoms with E-state index in [0.717, 1.165) is 22.3 Å². The van der Waals surface area contributed by atoms with E-state index in [4.69, 9.17) is 15.0 Å². The van der Waals surface area contributed by atoms with E-state index in [1.165, 1.54) is 36.5 Å². The van der Waals surface area contributed by atoms with Gasteiger partial charge in [-0.25, -0.2) is 15.0 Å². The van der Waals surface area contributed by atoms with Crippen LogP contribution in [0.4, 0.5) is 0 Å². The first-order chi connectivity index (χ1) is 20.3. The molecule has 0 fully saturated rings. The third-order valence-electron chi connectivity index (χ3n) is 7.53. The van der Waals surface area contributed by atoms with Gasteiger partial charge in [-0.05, 0) is 52.2 Å². The van der Waals surface area contributed by atoms with Crippen molar-refractivity contribution in [2.24, 2.45) is 0 Å². The molecule has 0 radical (unpaired) electrons. The Morgan fingerprint density at radius 3 is 1.71 bits per heavy atom. The average Bonchev–Trinajstić information content (AvgIpc) is 3.43. The van der Waals surface area contributed by atoms with Crippen LogP contribution in [0.3, 0.4) is 0 Å². The van der Waals surface area contributed by atoms with Crippen LogP contribution in [0.2, 0.25) is 0 Å². The van der Waals surface area contributed by atoms with Gasteiger partial charge in [-0.15, -0.1) is 11.3 Å². The summed E-state index contributed by atoms with van der Waals surface area (Å²) in [6.45, 7) is 0. The van der Waals surface area contributed by atoms with Crippen molar-refractivity contribution in [1.82, 2.24) is 15.0 Å². The minimum atomic E-state index is 0.661. The Hall–Kier alpha value is -5.19. The molecule has 0 aliphatic rings. The lowest BCUT2D eigenvalue weighted by atomic mass is 10.00. The Bertz CT molecular complexity index is 2200. The molecule has 0 aliphatic carbocycles. The van der Waals surface area contributed by atoms with Crippen molar-refractivity contribution in [1.29, 1.82) is 0 Å². The van der Waals surface area contributed by atoms with Crippen LogP contribution in [-0.4, -0.2) is 15.0 Å². The van der Waals surface area contributed by atoms with Crippen molar-refractivity contribution in [3.63, 3.8) is 0 Å². The lowest BCUT2D eigenvalue weighted by Gasteiger charge is -2.10. The summed E-state index contributed by atoms with van der Waals surface area (Å²) in [7, 11) is 0. The molecule has 41 heavy (non-hydrogen) atoms. The van der Waals surface area contributed by atoms with Crippen LogP contribution in [-0.2, 0) is 0 Å². The molecule has 0 saturated carbocycles. The molecule has 0 unspecified atom stereocenters. The van der Waals surface area contributed by atoms with Gasteiger partial charge in [-0.3, -0.25) is 0 Å². The van der Waals surface area contributed by atoms with Crippen molar-refractivity contribution < 1.29 is 0 Å². The predicted octanol–water partition coefficient (Wildman–Crippen LogP) is 10.1. The molecule has 0 saturated heterocycles. The molecule has 8 aromatic rings. The lowest BCUT2D eigenvalue weighted by Crippen LogP contribution is -2.00. The first kappa shape index (κ1) is 23.7. The summed E-state index contributed by atoms with van der Waals surface area (Å²) >= 11 is 1.81. The number of nitrogens with zero attached hydrogens (tertiary/aromatic N) is 3. The maximum Gasteiger partial charge on any atom is 0.164 e. The van der Waals surface area contributed by atoms with E-state index in [1.807, 2.05) is 41.7 Å². The number of aromatic nitrogens is 3. The molecule has 8 rings (SSSR count). The van der Waals surface area contributed by atoms with Gasteiger partial charge in [0.25, 0.3) is 0 Å². The predicted molar refractivity (Wildman–Crippen MR) is 172 cm³/mol. The maximum absolute atomic E-state index is 5.00. The van der Waals surface area contributed by atoms with Crippen LogP contribution in [0.5, 0.6) is 0 Å². The Kier molecular flexibility index (Phi) is 5.64. The summed E-state index contributed by atoms with van der Waals surface area (Å²) in [5.74, 6) is 2.00. The smallest absolute Gasteiger partial charge is 0.164 e. The van der Waals surface area contributed by atoms with E-state index in [9.17, 15) is 0 Å². The van der Waals surface area contributed by atoms with Crippen LogP contribution in [0.1, 0.15) is 0 Å². The van der Waals surface area contributed by atoms with Gasteiger partial charge in [0.1, 0.15) is 0 Å². The molecular weight excluding hydrogens is 518 g/mol. The van der Waals surface area contributed by atoms with E-state index in [1.54, 1.807) is 0 Å². The highest BCUT2D eigenvalue weighted by molar-refractivity contribution is 7.25. The molecule has 3 nitrogen and oxygen atoms in total. The zero-order valence-corrected chi connectivity index (χ0v) is 22.8. The van der Waals surface area contributed by atoms with Crippen molar-refractivity contribution in [3.8, 4) is 45.3 Å². The van der Waals surface area contributed by atoms with Crippen LogP contribution in [0.15, 0.2) is 140 Å². The maximum atomic E-state index is 5.00. The van der Waals surface area contributed by atoms with Gasteiger partial charge < -0.3 is 0 Å². The van der Waals surface area contributed by atoms with Gasteiger partial charge in [0.15, 0.2) is 17.5 Å². The zero-order valence-electron chi connectivity index (χ0n) is 22.0. The lowest BCUT2D eigenvalue weighted by molar-refractivity contribution is 1.07. The molecule has 0 aliphatic heterocycles. The quantitative estimate of drug-likeness (QED) is 0.222. The third-order valence-corrected chi connectivity index (χ3v) is 8.68. The van der Waals surface area contributed by atoms with E-state index in [-0.39, 0.29) is 0 Å². The van der Waals surface area contributed by atoms with Crippen molar-refractivity contribution in [3.05, 3.63) is 140 Å². The highest BCUT2D eigenvalue weighted by Gasteiger charge is 2.14. The molecule has 0 amide bonds. The zero-order chi connectivity index (χ0) is 27.2. The second-order valence-electron chi connectivity index (χ2n) is 10.1. The minimum absolute atomic E-state index is 0.661. The summed E-state index contributed by atoms with van der Waals surface area (Å²) in [4.78, 5) is 14.9. The van der Waals surface area contributed by atoms with E-state index in [2.05, 4.69) is 109 Å². The number of hydrogen-bond acceptors (Lipinski definition) is 4. The second-order valence-corrected chi connectivity index (χ2v) is 11.2. The molecular formula is C37H23N3S. The minimum Gasteiger partial charge on any atom is -0.208 e. The van der Waals surface area contributed by atoms with Crippen LogP contribution >= 0.6 is 11.3 Å². The van der Waals surface area contributed by atoms with E-state index < -0.39 is 0 Å². The van der Waals surface area contributed by atoms with Crippen LogP contribution in [0.25, 0.3) is 76.2 Å². The summed E-state index contributed by atoms with van der Waals surface area (Å²) in [5.41, 5.74) is 5.25. The average molecular weight is 542 g/mol. The fourth-order valence-corrected chi connectivity index (χ4v) is 6.48. The Morgan fingerprint density at radius 1 is 0.341 bits per heavy atom. The molecule has 0 N–H and O–H groups in total. The summed E-state index contributed by atoms with van der Waals surface area (Å²) < 4.78 is 2.55. The summed E-state index contributed by atoms with van der Waals surface area (Å²) in [6.07, 6.45) is 0. The number of rotatable bonds is 4. The Labute approximate surface area is 241 Å². The summed E-state index contributed by atoms with van der Waals surface area (Å²) in [6, 6.07) is 48.7. The van der Waals surface area contributed by atoms with Crippen LogP contribution in [0, 0.1) is 0 Å². The van der Waals surface area contributed by atoms with Crippen molar-refractivity contribution >= 4 is 42.3 Å². The fourth-order valence-electron chi connectivity index (χ4n) is 5.40. The number of benzene rings is 6. The fraction of sp³-hybridized carbons (Fsp3) is 0. The standard InChI is InChI=1S/C37H23N3S/c1-2-9-26(10-3-1)35-38-36(27-17-14-25(15-18-27)29-19-16-24-8-4-5-11-28(24)22-29)40-37(39-35)30-20-21-34-32(23-30)31-12-6-7-13-33(31)41-34/h1-23H. The Morgan fingerprint density at radius 2 is 0.902 bits per heavy atom. The number of fused-ring (bicyclic) bond motifs is 4. The van der Waals surface area contributed by atoms with Gasteiger partial charge in [-0.1, -0.05) is 109 Å². The second kappa shape index (κ2) is 9.77. The number of hydrogen-bond donors (Lipinski definition) is 0. The molecule has 0 spiro atoms. The molecule has 0 bridgehead atoms. The van der Waals surface area contributed by atoms with Gasteiger partial charge in [-0.2, -0.15) is 0 Å². The highest BCUT2D eigenvalue weighted by Crippen LogP contribution is 2.36. The third kappa shape index (κ3) is 4.35. The van der Waals surface area contributed by atoms with Gasteiger partial charge in [0.2, 0.25) is 0 Å². The highest BCUT2D eigenvalue weighted by atomic mass is 32.1. The molecule has 2 heterocycles. The molecule has 6 aromatic carbocycles. The molecule has 192 valence electrons.